The maximum Gasteiger partial charge on any atom is 0.413 e. The van der Waals surface area contributed by atoms with Crippen molar-refractivity contribution in [3.8, 4) is 0 Å². The van der Waals surface area contributed by atoms with Crippen LogP contribution in [0.15, 0.2) is 30.3 Å². The molecule has 1 amide bonds. The molecule has 0 fully saturated rings. The van der Waals surface area contributed by atoms with Crippen LogP contribution in [-0.2, 0) is 4.74 Å². The van der Waals surface area contributed by atoms with Gasteiger partial charge >= 0.3 is 12.3 Å². The summed E-state index contributed by atoms with van der Waals surface area (Å²) in [7, 11) is 1.08. The molecule has 0 spiro atoms. The van der Waals surface area contributed by atoms with Crippen molar-refractivity contribution >= 4 is 6.09 Å². The molecule has 0 N–H and O–H groups in total. The molecule has 120 valence electrons. The molecular weight excluding hydrogens is 283 g/mol. The van der Waals surface area contributed by atoms with Crippen molar-refractivity contribution in [1.29, 1.82) is 0 Å². The minimum atomic E-state index is -4.56. The van der Waals surface area contributed by atoms with Crippen molar-refractivity contribution in [2.75, 3.05) is 7.05 Å². The maximum atomic E-state index is 13.1. The number of benzene rings is 1. The molecule has 0 aliphatic carbocycles. The van der Waals surface area contributed by atoms with Crippen LogP contribution in [-0.4, -0.2) is 30.3 Å². The van der Waals surface area contributed by atoms with Gasteiger partial charge in [0.2, 0.25) is 0 Å². The Labute approximate surface area is 123 Å². The largest absolute Gasteiger partial charge is 0.447 e. The monoisotopic (exact) mass is 305 g/mol. The Morgan fingerprint density at radius 1 is 1.14 bits per heavy atom. The molecule has 21 heavy (non-hydrogen) atoms. The van der Waals surface area contributed by atoms with Crippen molar-refractivity contribution < 1.29 is 22.7 Å². The zero-order valence-electron chi connectivity index (χ0n) is 12.9. The van der Waals surface area contributed by atoms with Gasteiger partial charge in [0.15, 0.2) is 6.04 Å². The number of alkyl halides is 3. The lowest BCUT2D eigenvalue weighted by molar-refractivity contribution is -0.179. The first-order valence-corrected chi connectivity index (χ1v) is 6.78. The Hall–Kier alpha value is -1.72. The zero-order chi connectivity index (χ0) is 16.6. The fraction of sp³-hybridized carbons (Fsp3) is 0.533. The summed E-state index contributed by atoms with van der Waals surface area (Å²) in [5.41, 5.74) is -0.00166. The predicted octanol–water partition coefficient (Wildman–Crippen LogP) is 4.79. The van der Waals surface area contributed by atoms with Gasteiger partial charge in [-0.1, -0.05) is 44.2 Å². The van der Waals surface area contributed by atoms with E-state index >= 15 is 0 Å². The van der Waals surface area contributed by atoms with E-state index in [1.807, 2.05) is 13.8 Å². The summed E-state index contributed by atoms with van der Waals surface area (Å²) >= 11 is 0. The van der Waals surface area contributed by atoms with Crippen LogP contribution in [0.4, 0.5) is 18.0 Å². The molecule has 0 radical (unpaired) electrons. The highest BCUT2D eigenvalue weighted by Gasteiger charge is 2.45. The van der Waals surface area contributed by atoms with Crippen LogP contribution in [0.3, 0.4) is 0 Å². The SMILES string of the molecule is CC.CC(C)OC(=O)N(C)C(c1ccccc1)C(F)(F)F. The number of hydrogen-bond acceptors (Lipinski definition) is 2. The van der Waals surface area contributed by atoms with E-state index in [0.717, 1.165) is 7.05 Å². The smallest absolute Gasteiger partial charge is 0.413 e. The summed E-state index contributed by atoms with van der Waals surface area (Å²) in [6.45, 7) is 7.16. The summed E-state index contributed by atoms with van der Waals surface area (Å²) in [4.78, 5) is 12.2. The molecule has 1 unspecified atom stereocenters. The number of carbonyl (C=O) groups is 1. The van der Waals surface area contributed by atoms with Gasteiger partial charge in [0, 0.05) is 7.05 Å². The number of ether oxygens (including phenoxy) is 1. The first-order chi connectivity index (χ1) is 9.73. The van der Waals surface area contributed by atoms with Gasteiger partial charge in [-0.05, 0) is 19.4 Å². The quantitative estimate of drug-likeness (QED) is 0.803. The first kappa shape index (κ1) is 19.3. The van der Waals surface area contributed by atoms with E-state index < -0.39 is 24.4 Å². The second kappa shape index (κ2) is 8.54. The number of amides is 1. The molecule has 1 atom stereocenters. The Balaban J connectivity index is 0.00000191. The Morgan fingerprint density at radius 3 is 2.00 bits per heavy atom. The Kier molecular flexibility index (Phi) is 7.84. The third kappa shape index (κ3) is 6.06. The van der Waals surface area contributed by atoms with Gasteiger partial charge in [0.25, 0.3) is 0 Å². The van der Waals surface area contributed by atoms with E-state index in [-0.39, 0.29) is 5.56 Å². The standard InChI is InChI=1S/C13H16F3NO2.C2H6/c1-9(2)19-12(18)17(3)11(13(14,15)16)10-7-5-4-6-8-10;1-2/h4-9,11H,1-3H3;1-2H3. The fourth-order valence-electron chi connectivity index (χ4n) is 1.66. The van der Waals surface area contributed by atoms with Crippen LogP contribution in [0.5, 0.6) is 0 Å². The van der Waals surface area contributed by atoms with E-state index in [4.69, 9.17) is 4.74 Å². The second-order valence-electron chi connectivity index (χ2n) is 4.40. The maximum absolute atomic E-state index is 13.1. The molecule has 0 aliphatic heterocycles. The lowest BCUT2D eigenvalue weighted by Gasteiger charge is -2.30. The molecule has 1 aromatic carbocycles. The van der Waals surface area contributed by atoms with E-state index in [1.165, 1.54) is 24.3 Å². The number of carbonyl (C=O) groups excluding carboxylic acids is 1. The van der Waals surface area contributed by atoms with Crippen LogP contribution in [0.25, 0.3) is 0 Å². The summed E-state index contributed by atoms with van der Waals surface area (Å²) in [6.07, 6.45) is -6.03. The summed E-state index contributed by atoms with van der Waals surface area (Å²) < 4.78 is 44.1. The first-order valence-electron chi connectivity index (χ1n) is 6.78. The normalized spacial score (nSPS) is 12.2. The highest BCUT2D eigenvalue weighted by atomic mass is 19.4. The third-order valence-electron chi connectivity index (χ3n) is 2.44. The lowest BCUT2D eigenvalue weighted by atomic mass is 10.1. The van der Waals surface area contributed by atoms with Crippen molar-refractivity contribution in [1.82, 2.24) is 4.90 Å². The summed E-state index contributed by atoms with van der Waals surface area (Å²) in [5, 5.41) is 0. The molecule has 0 saturated carbocycles. The van der Waals surface area contributed by atoms with Crippen LogP contribution in [0.2, 0.25) is 0 Å². The molecule has 0 heterocycles. The summed E-state index contributed by atoms with van der Waals surface area (Å²) in [5.74, 6) is 0. The van der Waals surface area contributed by atoms with Gasteiger partial charge in [-0.2, -0.15) is 13.2 Å². The number of halogens is 3. The molecule has 6 heteroatoms. The minimum absolute atomic E-state index is 0.00166. The van der Waals surface area contributed by atoms with Gasteiger partial charge in [-0.15, -0.1) is 0 Å². The topological polar surface area (TPSA) is 29.5 Å². The molecule has 3 nitrogen and oxygen atoms in total. The third-order valence-corrected chi connectivity index (χ3v) is 2.44. The van der Waals surface area contributed by atoms with Gasteiger partial charge in [0.05, 0.1) is 6.10 Å². The van der Waals surface area contributed by atoms with Crippen LogP contribution in [0.1, 0.15) is 39.3 Å². The fourth-order valence-corrected chi connectivity index (χ4v) is 1.66. The Morgan fingerprint density at radius 2 is 1.62 bits per heavy atom. The highest BCUT2D eigenvalue weighted by molar-refractivity contribution is 5.68. The second-order valence-corrected chi connectivity index (χ2v) is 4.40. The van der Waals surface area contributed by atoms with E-state index in [2.05, 4.69) is 0 Å². The zero-order valence-corrected chi connectivity index (χ0v) is 12.9. The molecule has 0 aliphatic rings. The number of hydrogen-bond donors (Lipinski definition) is 0. The van der Waals surface area contributed by atoms with Crippen molar-refractivity contribution in [3.63, 3.8) is 0 Å². The molecule has 0 saturated heterocycles. The van der Waals surface area contributed by atoms with Crippen LogP contribution < -0.4 is 0 Å². The van der Waals surface area contributed by atoms with Gasteiger partial charge < -0.3 is 4.74 Å². The van der Waals surface area contributed by atoms with Crippen LogP contribution >= 0.6 is 0 Å². The van der Waals surface area contributed by atoms with Crippen molar-refractivity contribution in [3.05, 3.63) is 35.9 Å². The molecule has 0 bridgehead atoms. The van der Waals surface area contributed by atoms with Gasteiger partial charge in [-0.3, -0.25) is 4.90 Å². The minimum Gasteiger partial charge on any atom is -0.447 e. The molecule has 0 aromatic heterocycles. The molecule has 1 aromatic rings. The Bertz CT molecular complexity index is 419. The van der Waals surface area contributed by atoms with Crippen molar-refractivity contribution in [2.45, 2.75) is 46.0 Å². The average molecular weight is 305 g/mol. The van der Waals surface area contributed by atoms with Gasteiger partial charge in [-0.25, -0.2) is 4.79 Å². The van der Waals surface area contributed by atoms with E-state index in [9.17, 15) is 18.0 Å². The average Bonchev–Trinajstić information content (AvgIpc) is 2.40. The predicted molar refractivity (Wildman–Crippen MR) is 76.0 cm³/mol. The van der Waals surface area contributed by atoms with E-state index in [1.54, 1.807) is 19.9 Å². The summed E-state index contributed by atoms with van der Waals surface area (Å²) in [6, 6.07) is 5.25. The molecule has 1 rings (SSSR count). The van der Waals surface area contributed by atoms with Crippen LogP contribution in [0, 0.1) is 0 Å². The highest BCUT2D eigenvalue weighted by Crippen LogP contribution is 2.37. The van der Waals surface area contributed by atoms with Gasteiger partial charge in [0.1, 0.15) is 0 Å². The number of rotatable bonds is 3. The number of nitrogens with zero attached hydrogens (tertiary/aromatic N) is 1. The lowest BCUT2D eigenvalue weighted by Crippen LogP contribution is -2.40. The van der Waals surface area contributed by atoms with E-state index in [0.29, 0.717) is 4.90 Å². The van der Waals surface area contributed by atoms with Crippen molar-refractivity contribution in [2.24, 2.45) is 0 Å². The molecular formula is C15H22F3NO2.